The van der Waals surface area contributed by atoms with Gasteiger partial charge in [0.05, 0.1) is 10.0 Å². The van der Waals surface area contributed by atoms with Crippen molar-refractivity contribution in [2.24, 2.45) is 0 Å². The van der Waals surface area contributed by atoms with E-state index in [9.17, 15) is 22.0 Å². The van der Waals surface area contributed by atoms with E-state index in [1.54, 1.807) is 18.2 Å². The first-order valence-corrected chi connectivity index (χ1v) is 10.3. The zero-order valence-electron chi connectivity index (χ0n) is 16.4. The molecule has 0 aliphatic heterocycles. The van der Waals surface area contributed by atoms with Crippen molar-refractivity contribution in [2.75, 3.05) is 11.9 Å². The molecule has 0 fully saturated rings. The topological polar surface area (TPSA) is 59.9 Å². The molecule has 3 rings (SSSR count). The first kappa shape index (κ1) is 24.1. The highest BCUT2D eigenvalue weighted by Gasteiger charge is 2.30. The molecule has 0 unspecified atom stereocenters. The Bertz CT molecular complexity index is 1100. The van der Waals surface area contributed by atoms with Crippen LogP contribution in [0.1, 0.15) is 29.1 Å². The van der Waals surface area contributed by atoms with Crippen molar-refractivity contribution in [1.82, 2.24) is 15.0 Å². The molecule has 0 spiro atoms. The molecule has 0 atom stereocenters. The maximum Gasteiger partial charge on any atom is 0.417 e. The van der Waals surface area contributed by atoms with Crippen molar-refractivity contribution >= 4 is 33.3 Å². The summed E-state index contributed by atoms with van der Waals surface area (Å²) in [6, 6.07) is 7.17. The Hall–Kier alpha value is -2.53. The summed E-state index contributed by atoms with van der Waals surface area (Å²) < 4.78 is 70.0. The Kier molecular flexibility index (Phi) is 7.50. The molecule has 170 valence electrons. The Morgan fingerprint density at radius 3 is 2.50 bits per heavy atom. The molecule has 0 amide bonds. The van der Waals surface area contributed by atoms with Gasteiger partial charge in [0.2, 0.25) is 5.88 Å². The number of ether oxygens (including phenoxy) is 1. The average molecular weight is 538 g/mol. The van der Waals surface area contributed by atoms with Gasteiger partial charge in [0.25, 0.3) is 6.43 Å². The second-order valence-electron chi connectivity index (χ2n) is 6.55. The molecular formula is C20H15BrClF5N4O. The highest BCUT2D eigenvalue weighted by molar-refractivity contribution is 9.10. The van der Waals surface area contributed by atoms with Crippen LogP contribution < -0.4 is 10.1 Å². The predicted molar refractivity (Wildman–Crippen MR) is 112 cm³/mol. The smallest absolute Gasteiger partial charge is 0.417 e. The molecule has 0 bridgehead atoms. The molecule has 0 saturated heterocycles. The van der Waals surface area contributed by atoms with Gasteiger partial charge in [-0.1, -0.05) is 17.7 Å². The summed E-state index contributed by atoms with van der Waals surface area (Å²) in [5, 5.41) is 2.70. The van der Waals surface area contributed by atoms with Crippen molar-refractivity contribution in [3.63, 3.8) is 0 Å². The van der Waals surface area contributed by atoms with E-state index < -0.39 is 23.9 Å². The van der Waals surface area contributed by atoms with Crippen LogP contribution in [0.5, 0.6) is 11.6 Å². The zero-order valence-corrected chi connectivity index (χ0v) is 18.7. The summed E-state index contributed by atoms with van der Waals surface area (Å²) in [4.78, 5) is 11.4. The molecule has 2 aromatic heterocycles. The third-order valence-electron chi connectivity index (χ3n) is 4.18. The number of halogens is 7. The van der Waals surface area contributed by atoms with E-state index in [2.05, 4.69) is 36.2 Å². The maximum atomic E-state index is 13.0. The van der Waals surface area contributed by atoms with Gasteiger partial charge in [-0.25, -0.2) is 23.7 Å². The zero-order chi connectivity index (χ0) is 23.5. The molecule has 0 saturated carbocycles. The van der Waals surface area contributed by atoms with Crippen LogP contribution in [0.4, 0.5) is 27.8 Å². The van der Waals surface area contributed by atoms with Crippen molar-refractivity contribution in [1.29, 1.82) is 0 Å². The van der Waals surface area contributed by atoms with Crippen LogP contribution in [-0.4, -0.2) is 21.5 Å². The molecule has 0 aliphatic rings. The Labute approximate surface area is 193 Å². The predicted octanol–water partition coefficient (Wildman–Crippen LogP) is 7.00. The highest BCUT2D eigenvalue weighted by Crippen LogP contribution is 2.33. The Morgan fingerprint density at radius 2 is 1.91 bits per heavy atom. The highest BCUT2D eigenvalue weighted by atomic mass is 79.9. The molecule has 12 heteroatoms. The maximum absolute atomic E-state index is 13.0. The molecule has 2 heterocycles. The third-order valence-corrected chi connectivity index (χ3v) is 5.17. The lowest BCUT2D eigenvalue weighted by atomic mass is 10.1. The summed E-state index contributed by atoms with van der Waals surface area (Å²) in [6.07, 6.45) is -6.09. The van der Waals surface area contributed by atoms with E-state index >= 15 is 0 Å². The third kappa shape index (κ3) is 6.04. The van der Waals surface area contributed by atoms with Crippen molar-refractivity contribution in [3.8, 4) is 11.6 Å². The van der Waals surface area contributed by atoms with Gasteiger partial charge in [0.1, 0.15) is 28.1 Å². The lowest BCUT2D eigenvalue weighted by Crippen LogP contribution is -2.10. The summed E-state index contributed by atoms with van der Waals surface area (Å²) in [6.45, 7) is 1.85. The van der Waals surface area contributed by atoms with E-state index in [1.165, 1.54) is 6.92 Å². The van der Waals surface area contributed by atoms with Crippen LogP contribution in [-0.2, 0) is 12.6 Å². The van der Waals surface area contributed by atoms with Gasteiger partial charge in [0, 0.05) is 18.8 Å². The quantitative estimate of drug-likeness (QED) is 0.329. The number of hydrogen-bond donors (Lipinski definition) is 1. The van der Waals surface area contributed by atoms with E-state index in [-0.39, 0.29) is 22.5 Å². The molecule has 5 nitrogen and oxygen atoms in total. The molecule has 1 aromatic carbocycles. The van der Waals surface area contributed by atoms with Crippen LogP contribution in [0.15, 0.2) is 41.0 Å². The summed E-state index contributed by atoms with van der Waals surface area (Å²) >= 11 is 9.31. The number of alkyl halides is 5. The number of hydrogen-bond acceptors (Lipinski definition) is 5. The number of pyridine rings is 1. The standard InChI is InChI=1S/C20H15BrClF5N4O/c1-10-30-17(18(23)24)16(22)19(31-10)28-7-6-11-2-4-14(13(21)8-11)32-15-5-3-12(9-29-15)20(25,26)27/h2-5,8-9,18H,6-7H2,1H3,(H,28,30,31). The van der Waals surface area contributed by atoms with E-state index in [1.807, 2.05) is 0 Å². The molecule has 1 N–H and O–H groups in total. The first-order chi connectivity index (χ1) is 15.0. The number of benzene rings is 1. The van der Waals surface area contributed by atoms with Gasteiger partial charge in [-0.3, -0.25) is 0 Å². The Balaban J connectivity index is 1.63. The SMILES string of the molecule is Cc1nc(NCCc2ccc(Oc3ccc(C(F)(F)F)cn3)c(Br)c2)c(Cl)c(C(F)F)n1. The minimum Gasteiger partial charge on any atom is -0.438 e. The van der Waals surface area contributed by atoms with E-state index in [0.29, 0.717) is 29.4 Å². The molecule has 3 aromatic rings. The minimum absolute atomic E-state index is 0.0109. The molecule has 0 aliphatic carbocycles. The van der Waals surface area contributed by atoms with Crippen molar-refractivity contribution in [3.05, 3.63) is 68.7 Å². The Morgan fingerprint density at radius 1 is 1.16 bits per heavy atom. The fourth-order valence-electron chi connectivity index (χ4n) is 2.67. The van der Waals surface area contributed by atoms with Crippen LogP contribution >= 0.6 is 27.5 Å². The number of aryl methyl sites for hydroxylation is 1. The minimum atomic E-state index is -4.47. The van der Waals surface area contributed by atoms with Crippen LogP contribution in [0.25, 0.3) is 0 Å². The van der Waals surface area contributed by atoms with Crippen LogP contribution in [0, 0.1) is 6.92 Å². The van der Waals surface area contributed by atoms with Gasteiger partial charge >= 0.3 is 6.18 Å². The normalized spacial score (nSPS) is 11.7. The molecule has 0 radical (unpaired) electrons. The van der Waals surface area contributed by atoms with Crippen molar-refractivity contribution in [2.45, 2.75) is 25.9 Å². The summed E-state index contributed by atoms with van der Waals surface area (Å²) in [5.74, 6) is 0.678. The second kappa shape index (κ2) is 9.95. The largest absolute Gasteiger partial charge is 0.438 e. The van der Waals surface area contributed by atoms with Crippen LogP contribution in [0.3, 0.4) is 0 Å². The molecular weight excluding hydrogens is 523 g/mol. The first-order valence-electron chi connectivity index (χ1n) is 9.10. The number of rotatable bonds is 7. The average Bonchev–Trinajstić information content (AvgIpc) is 2.71. The number of nitrogens with zero attached hydrogens (tertiary/aromatic N) is 3. The summed E-state index contributed by atoms with van der Waals surface area (Å²) in [7, 11) is 0. The fourth-order valence-corrected chi connectivity index (χ4v) is 3.41. The molecule has 32 heavy (non-hydrogen) atoms. The number of anilines is 1. The monoisotopic (exact) mass is 536 g/mol. The number of aromatic nitrogens is 3. The van der Waals surface area contributed by atoms with Crippen molar-refractivity contribution < 1.29 is 26.7 Å². The van der Waals surface area contributed by atoms with Gasteiger partial charge in [-0.2, -0.15) is 13.2 Å². The fraction of sp³-hybridized carbons (Fsp3) is 0.250. The lowest BCUT2D eigenvalue weighted by Gasteiger charge is -2.12. The summed E-state index contributed by atoms with van der Waals surface area (Å²) in [5.41, 5.74) is -0.526. The van der Waals surface area contributed by atoms with Gasteiger partial charge < -0.3 is 10.1 Å². The van der Waals surface area contributed by atoms with E-state index in [0.717, 1.165) is 17.7 Å². The van der Waals surface area contributed by atoms with E-state index in [4.69, 9.17) is 16.3 Å². The van der Waals surface area contributed by atoms with Gasteiger partial charge in [-0.15, -0.1) is 0 Å². The number of nitrogens with one attached hydrogen (secondary N) is 1. The second-order valence-corrected chi connectivity index (χ2v) is 7.78. The lowest BCUT2D eigenvalue weighted by molar-refractivity contribution is -0.137. The van der Waals surface area contributed by atoms with Gasteiger partial charge in [-0.05, 0) is 53.0 Å². The van der Waals surface area contributed by atoms with Gasteiger partial charge in [0.15, 0.2) is 0 Å². The van der Waals surface area contributed by atoms with Crippen LogP contribution in [0.2, 0.25) is 5.02 Å².